The lowest BCUT2D eigenvalue weighted by molar-refractivity contribution is -0.274. The van der Waals surface area contributed by atoms with Crippen molar-refractivity contribution in [2.45, 2.75) is 95.2 Å². The minimum absolute atomic E-state index is 0.0475. The zero-order valence-corrected chi connectivity index (χ0v) is 29.0. The first kappa shape index (κ1) is 32.7. The van der Waals surface area contributed by atoms with E-state index in [2.05, 4.69) is 45.9 Å². The molecule has 7 rings (SSSR count). The molecule has 1 aliphatic carbocycles. The SMILES string of the molecule is COC(=O)c1cc(C#C[Si](C)(C)C)c2nc(N3C4CCC3CC(OCc3c(-c5ccccc5OC(F)(F)F)noc3C3CC3)C4)sc2c1. The number of hydrogen-bond acceptors (Lipinski definition) is 9. The zero-order valence-electron chi connectivity index (χ0n) is 27.1. The summed E-state index contributed by atoms with van der Waals surface area (Å²) >= 11 is 1.57. The van der Waals surface area contributed by atoms with Gasteiger partial charge in [-0.2, -0.15) is 0 Å². The fraction of sp³-hybridized carbons (Fsp3) is 0.457. The summed E-state index contributed by atoms with van der Waals surface area (Å²) in [4.78, 5) is 20.0. The zero-order chi connectivity index (χ0) is 33.8. The molecule has 2 atom stereocenters. The number of esters is 1. The number of piperidine rings is 1. The first-order valence-electron chi connectivity index (χ1n) is 16.2. The van der Waals surface area contributed by atoms with E-state index in [0.717, 1.165) is 59.4 Å². The topological polar surface area (TPSA) is 86.9 Å². The molecule has 2 bridgehead atoms. The van der Waals surface area contributed by atoms with Crippen LogP contribution in [0.2, 0.25) is 19.6 Å². The third-order valence-corrected chi connectivity index (χ3v) is 10.9. The third-order valence-electron chi connectivity index (χ3n) is 8.99. The maximum atomic E-state index is 13.2. The van der Waals surface area contributed by atoms with Crippen molar-refractivity contribution in [1.82, 2.24) is 10.1 Å². The fourth-order valence-electron chi connectivity index (χ4n) is 6.71. The number of halogens is 3. The van der Waals surface area contributed by atoms with Crippen LogP contribution >= 0.6 is 11.3 Å². The van der Waals surface area contributed by atoms with E-state index in [1.165, 1.54) is 19.2 Å². The Balaban J connectivity index is 1.12. The Morgan fingerprint density at radius 3 is 2.50 bits per heavy atom. The summed E-state index contributed by atoms with van der Waals surface area (Å²) in [7, 11) is -0.308. The van der Waals surface area contributed by atoms with Crippen LogP contribution in [0.1, 0.15) is 71.7 Å². The van der Waals surface area contributed by atoms with Crippen molar-refractivity contribution in [3.8, 4) is 28.5 Å². The van der Waals surface area contributed by atoms with Crippen molar-refractivity contribution >= 4 is 40.7 Å². The summed E-state index contributed by atoms with van der Waals surface area (Å²) in [5, 5.41) is 5.13. The number of methoxy groups -OCH3 is 1. The second-order valence-corrected chi connectivity index (χ2v) is 19.5. The summed E-state index contributed by atoms with van der Waals surface area (Å²) < 4.78 is 62.1. The number of hydrogen-bond donors (Lipinski definition) is 0. The number of carbonyl (C=O) groups excluding carboxylic acids is 1. The molecule has 2 aromatic heterocycles. The van der Waals surface area contributed by atoms with Crippen molar-refractivity contribution < 1.29 is 36.7 Å². The molecule has 48 heavy (non-hydrogen) atoms. The number of carbonyl (C=O) groups is 1. The second-order valence-electron chi connectivity index (χ2n) is 13.7. The number of nitrogens with zero attached hydrogens (tertiary/aromatic N) is 3. The number of thiazole rings is 1. The Morgan fingerprint density at radius 2 is 1.83 bits per heavy atom. The predicted molar refractivity (Wildman–Crippen MR) is 179 cm³/mol. The van der Waals surface area contributed by atoms with Gasteiger partial charge in [-0.05, 0) is 62.8 Å². The summed E-state index contributed by atoms with van der Waals surface area (Å²) in [6, 6.07) is 10.1. The normalized spacial score (nSPS) is 20.9. The molecule has 4 aromatic rings. The molecule has 0 radical (unpaired) electrons. The largest absolute Gasteiger partial charge is 0.573 e. The highest BCUT2D eigenvalue weighted by Gasteiger charge is 2.43. The van der Waals surface area contributed by atoms with Crippen molar-refractivity contribution in [3.05, 3.63) is 58.8 Å². The summed E-state index contributed by atoms with van der Waals surface area (Å²) in [5.41, 5.74) is 6.64. The van der Waals surface area contributed by atoms with E-state index in [9.17, 15) is 18.0 Å². The van der Waals surface area contributed by atoms with Crippen LogP contribution in [0.4, 0.5) is 18.3 Å². The van der Waals surface area contributed by atoms with E-state index in [1.807, 2.05) is 6.07 Å². The number of benzene rings is 2. The first-order chi connectivity index (χ1) is 22.9. The summed E-state index contributed by atoms with van der Waals surface area (Å²) in [6.45, 7) is 6.71. The smallest absolute Gasteiger partial charge is 0.465 e. The molecule has 8 nitrogen and oxygen atoms in total. The molecule has 2 aromatic carbocycles. The highest BCUT2D eigenvalue weighted by Crippen LogP contribution is 2.47. The maximum Gasteiger partial charge on any atom is 0.573 e. The van der Waals surface area contributed by atoms with Crippen molar-refractivity contribution in [2.75, 3.05) is 12.0 Å². The van der Waals surface area contributed by atoms with Gasteiger partial charge in [-0.1, -0.05) is 54.2 Å². The van der Waals surface area contributed by atoms with Crippen LogP contribution in [-0.2, 0) is 16.1 Å². The summed E-state index contributed by atoms with van der Waals surface area (Å²) in [5.74, 6) is 3.47. The van der Waals surface area contributed by atoms with E-state index in [1.54, 1.807) is 29.5 Å². The molecule has 252 valence electrons. The molecule has 0 spiro atoms. The van der Waals surface area contributed by atoms with E-state index < -0.39 is 20.4 Å². The summed E-state index contributed by atoms with van der Waals surface area (Å²) in [6.07, 6.45) is 0.588. The van der Waals surface area contributed by atoms with Crippen LogP contribution in [0.25, 0.3) is 21.5 Å². The lowest BCUT2D eigenvalue weighted by Gasteiger charge is -2.38. The number of aromatic nitrogens is 2. The van der Waals surface area contributed by atoms with Crippen LogP contribution < -0.4 is 9.64 Å². The van der Waals surface area contributed by atoms with Gasteiger partial charge in [0.25, 0.3) is 0 Å². The van der Waals surface area contributed by atoms with Gasteiger partial charge >= 0.3 is 12.3 Å². The number of para-hydroxylation sites is 1. The molecular formula is C35H36F3N3O5SSi. The average molecular weight is 696 g/mol. The molecule has 3 aliphatic rings. The number of rotatable bonds is 8. The van der Waals surface area contributed by atoms with Crippen molar-refractivity contribution in [1.29, 1.82) is 0 Å². The van der Waals surface area contributed by atoms with Gasteiger partial charge in [0.15, 0.2) is 5.13 Å². The molecule has 2 saturated heterocycles. The molecule has 0 amide bonds. The van der Waals surface area contributed by atoms with Gasteiger partial charge in [-0.25, -0.2) is 9.78 Å². The lowest BCUT2D eigenvalue weighted by atomic mass is 10.00. The van der Waals surface area contributed by atoms with Crippen molar-refractivity contribution in [3.63, 3.8) is 0 Å². The van der Waals surface area contributed by atoms with E-state index in [-0.39, 0.29) is 42.0 Å². The van der Waals surface area contributed by atoms with E-state index in [4.69, 9.17) is 19.0 Å². The fourth-order valence-corrected chi connectivity index (χ4v) is 8.39. The Hall–Kier alpha value is -3.86. The average Bonchev–Trinajstić information content (AvgIpc) is 3.55. The first-order valence-corrected chi connectivity index (χ1v) is 20.5. The quantitative estimate of drug-likeness (QED) is 0.103. The Labute approximate surface area is 281 Å². The maximum absolute atomic E-state index is 13.2. The van der Waals surface area contributed by atoms with Crippen LogP contribution in [0.5, 0.6) is 5.75 Å². The Kier molecular flexibility index (Phi) is 8.54. The Morgan fingerprint density at radius 1 is 1.10 bits per heavy atom. The van der Waals surface area contributed by atoms with Crippen LogP contribution in [0.15, 0.2) is 40.9 Å². The molecule has 1 saturated carbocycles. The predicted octanol–water partition coefficient (Wildman–Crippen LogP) is 8.46. The monoisotopic (exact) mass is 695 g/mol. The molecule has 2 unspecified atom stereocenters. The van der Waals surface area contributed by atoms with Crippen molar-refractivity contribution in [2.24, 2.45) is 0 Å². The van der Waals surface area contributed by atoms with Gasteiger partial charge in [0.1, 0.15) is 25.3 Å². The second kappa shape index (κ2) is 12.5. The van der Waals surface area contributed by atoms with Gasteiger partial charge in [-0.15, -0.1) is 18.7 Å². The van der Waals surface area contributed by atoms with E-state index in [0.29, 0.717) is 22.6 Å². The van der Waals surface area contributed by atoms with Crippen LogP contribution in [0, 0.1) is 11.5 Å². The minimum atomic E-state index is -4.83. The van der Waals surface area contributed by atoms with E-state index >= 15 is 0 Å². The van der Waals surface area contributed by atoms with Gasteiger partial charge in [-0.3, -0.25) is 0 Å². The standard InChI is InChI=1S/C35H36F3N3O5SSi/c1-43-33(42)22-15-21(13-14-48(2,3)4)30-29(16-22)47-34(39-30)41-23-11-12-24(41)18-25(17-23)44-19-27-31(40-46-32(27)20-9-10-20)26-7-5-6-8-28(26)45-35(36,37)38/h5-8,15-16,20,23-25H,9-12,17-19H2,1-4H3. The molecule has 2 aliphatic heterocycles. The molecule has 0 N–H and O–H groups in total. The number of ether oxygens (including phenoxy) is 3. The molecular weight excluding hydrogens is 660 g/mol. The van der Waals surface area contributed by atoms with Gasteiger partial charge < -0.3 is 23.6 Å². The van der Waals surface area contributed by atoms with Gasteiger partial charge in [0.05, 0.1) is 41.2 Å². The number of alkyl halides is 3. The van der Waals surface area contributed by atoms with Gasteiger partial charge in [0, 0.05) is 29.1 Å². The highest BCUT2D eigenvalue weighted by atomic mass is 32.1. The third kappa shape index (κ3) is 6.84. The van der Waals surface area contributed by atoms with Crippen LogP contribution in [-0.4, -0.2) is 55.8 Å². The number of anilines is 1. The lowest BCUT2D eigenvalue weighted by Crippen LogP contribution is -2.45. The molecule has 3 fully saturated rings. The number of fused-ring (bicyclic) bond motifs is 3. The van der Waals surface area contributed by atoms with Gasteiger partial charge in [0.2, 0.25) is 0 Å². The van der Waals surface area contributed by atoms with Crippen LogP contribution in [0.3, 0.4) is 0 Å². The molecule has 4 heterocycles. The minimum Gasteiger partial charge on any atom is -0.465 e. The highest BCUT2D eigenvalue weighted by molar-refractivity contribution is 7.22. The Bertz CT molecular complexity index is 1910. The molecule has 13 heteroatoms.